The van der Waals surface area contributed by atoms with E-state index in [2.05, 4.69) is 0 Å². The highest BCUT2D eigenvalue weighted by atomic mass is 32.2. The highest BCUT2D eigenvalue weighted by Crippen LogP contribution is 2.23. The van der Waals surface area contributed by atoms with Crippen molar-refractivity contribution in [3.05, 3.63) is 29.3 Å². The van der Waals surface area contributed by atoms with Gasteiger partial charge in [-0.05, 0) is 31.5 Å². The molecule has 0 saturated carbocycles. The zero-order chi connectivity index (χ0) is 17.9. The topological polar surface area (TPSA) is 92.9 Å². The Kier molecular flexibility index (Phi) is 5.97. The zero-order valence-electron chi connectivity index (χ0n) is 14.4. The SMILES string of the molecule is Cc1ccc(C(=O)N(C)C(C)CN)cc1S(=O)(=O)N1CCOCC1. The molecule has 2 rings (SSSR count). The third-order valence-corrected chi connectivity index (χ3v) is 6.39. The number of hydrogen-bond acceptors (Lipinski definition) is 5. The zero-order valence-corrected chi connectivity index (χ0v) is 15.2. The quantitative estimate of drug-likeness (QED) is 0.827. The molecule has 134 valence electrons. The van der Waals surface area contributed by atoms with Crippen LogP contribution in [0.2, 0.25) is 0 Å². The third-order valence-electron chi connectivity index (χ3n) is 4.35. The Hall–Kier alpha value is -1.48. The Morgan fingerprint density at radius 2 is 2.00 bits per heavy atom. The summed E-state index contributed by atoms with van der Waals surface area (Å²) in [6.45, 7) is 5.33. The molecule has 1 heterocycles. The summed E-state index contributed by atoms with van der Waals surface area (Å²) in [4.78, 5) is 14.2. The maximum absolute atomic E-state index is 12.9. The standard InChI is InChI=1S/C16H25N3O4S/c1-12-4-5-14(16(20)18(3)13(2)11-17)10-15(12)24(21,22)19-6-8-23-9-7-19/h4-5,10,13H,6-9,11,17H2,1-3H3. The van der Waals surface area contributed by atoms with Crippen LogP contribution < -0.4 is 5.73 Å². The van der Waals surface area contributed by atoms with Crippen LogP contribution in [0.1, 0.15) is 22.8 Å². The van der Waals surface area contributed by atoms with E-state index in [1.807, 2.05) is 6.92 Å². The summed E-state index contributed by atoms with van der Waals surface area (Å²) >= 11 is 0. The lowest BCUT2D eigenvalue weighted by atomic mass is 10.1. The minimum absolute atomic E-state index is 0.127. The highest BCUT2D eigenvalue weighted by Gasteiger charge is 2.29. The number of likely N-dealkylation sites (N-methyl/N-ethyl adjacent to an activating group) is 1. The van der Waals surface area contributed by atoms with Crippen molar-refractivity contribution in [3.8, 4) is 0 Å². The molecule has 0 bridgehead atoms. The first-order valence-corrected chi connectivity index (χ1v) is 9.38. The molecule has 24 heavy (non-hydrogen) atoms. The van der Waals surface area contributed by atoms with Gasteiger partial charge < -0.3 is 15.4 Å². The van der Waals surface area contributed by atoms with Crippen LogP contribution in [-0.4, -0.2) is 69.5 Å². The number of amides is 1. The van der Waals surface area contributed by atoms with Crippen molar-refractivity contribution in [1.82, 2.24) is 9.21 Å². The second-order valence-electron chi connectivity index (χ2n) is 6.00. The highest BCUT2D eigenvalue weighted by molar-refractivity contribution is 7.89. The largest absolute Gasteiger partial charge is 0.379 e. The van der Waals surface area contributed by atoms with Gasteiger partial charge in [-0.1, -0.05) is 6.07 Å². The van der Waals surface area contributed by atoms with E-state index in [0.717, 1.165) is 0 Å². The number of sulfonamides is 1. The van der Waals surface area contributed by atoms with Gasteiger partial charge in [0.15, 0.2) is 0 Å². The summed E-state index contributed by atoms with van der Waals surface area (Å²) in [6.07, 6.45) is 0. The Balaban J connectivity index is 2.36. The lowest BCUT2D eigenvalue weighted by Gasteiger charge is -2.27. The van der Waals surface area contributed by atoms with Crippen molar-refractivity contribution >= 4 is 15.9 Å². The molecule has 0 aromatic heterocycles. The molecule has 0 radical (unpaired) electrons. The lowest BCUT2D eigenvalue weighted by molar-refractivity contribution is 0.0729. The van der Waals surface area contributed by atoms with E-state index in [1.165, 1.54) is 15.3 Å². The molecule has 8 heteroatoms. The smallest absolute Gasteiger partial charge is 0.253 e. The number of nitrogens with two attached hydrogens (primary N) is 1. The van der Waals surface area contributed by atoms with Gasteiger partial charge in [0.1, 0.15) is 0 Å². The number of morpholine rings is 1. The Morgan fingerprint density at radius 1 is 1.38 bits per heavy atom. The van der Waals surface area contributed by atoms with Crippen LogP contribution >= 0.6 is 0 Å². The minimum Gasteiger partial charge on any atom is -0.379 e. The summed E-state index contributed by atoms with van der Waals surface area (Å²) < 4.78 is 32.4. The molecule has 2 N–H and O–H groups in total. The van der Waals surface area contributed by atoms with Crippen molar-refractivity contribution in [3.63, 3.8) is 0 Å². The Labute approximate surface area is 143 Å². The predicted molar refractivity (Wildman–Crippen MR) is 91.4 cm³/mol. The van der Waals surface area contributed by atoms with Gasteiger partial charge in [0, 0.05) is 38.3 Å². The summed E-state index contributed by atoms with van der Waals surface area (Å²) in [6, 6.07) is 4.65. The van der Waals surface area contributed by atoms with Crippen LogP contribution in [-0.2, 0) is 14.8 Å². The van der Waals surface area contributed by atoms with Gasteiger partial charge in [0.25, 0.3) is 5.91 Å². The maximum Gasteiger partial charge on any atom is 0.253 e. The van der Waals surface area contributed by atoms with Crippen LogP contribution in [0, 0.1) is 6.92 Å². The summed E-state index contributed by atoms with van der Waals surface area (Å²) in [5.41, 5.74) is 6.56. The summed E-state index contributed by atoms with van der Waals surface area (Å²) in [5, 5.41) is 0. The molecule has 1 fully saturated rings. The first-order valence-electron chi connectivity index (χ1n) is 7.94. The van der Waals surface area contributed by atoms with Crippen molar-refractivity contribution in [2.24, 2.45) is 5.73 Å². The molecule has 0 aliphatic carbocycles. The molecule has 1 atom stereocenters. The molecule has 1 aliphatic heterocycles. The van der Waals surface area contributed by atoms with E-state index in [0.29, 0.717) is 44.0 Å². The van der Waals surface area contributed by atoms with Crippen molar-refractivity contribution < 1.29 is 17.9 Å². The molecule has 1 unspecified atom stereocenters. The average molecular weight is 355 g/mol. The molecular weight excluding hydrogens is 330 g/mol. The van der Waals surface area contributed by atoms with Crippen LogP contribution in [0.25, 0.3) is 0 Å². The van der Waals surface area contributed by atoms with Gasteiger partial charge in [-0.25, -0.2) is 8.42 Å². The number of aryl methyl sites for hydroxylation is 1. The Morgan fingerprint density at radius 3 is 2.58 bits per heavy atom. The number of benzene rings is 1. The van der Waals surface area contributed by atoms with Crippen LogP contribution in [0.3, 0.4) is 0 Å². The molecule has 1 aliphatic rings. The fourth-order valence-corrected chi connectivity index (χ4v) is 4.16. The molecule has 7 nitrogen and oxygen atoms in total. The molecular formula is C16H25N3O4S. The number of rotatable bonds is 5. The van der Waals surface area contributed by atoms with Crippen LogP contribution in [0.4, 0.5) is 0 Å². The second kappa shape index (κ2) is 7.60. The van der Waals surface area contributed by atoms with Crippen molar-refractivity contribution in [1.29, 1.82) is 0 Å². The van der Waals surface area contributed by atoms with Crippen molar-refractivity contribution in [2.45, 2.75) is 24.8 Å². The maximum atomic E-state index is 12.9. The second-order valence-corrected chi connectivity index (χ2v) is 7.90. The molecule has 0 spiro atoms. The molecule has 1 amide bonds. The van der Waals surface area contributed by atoms with E-state index in [9.17, 15) is 13.2 Å². The molecule has 1 saturated heterocycles. The van der Waals surface area contributed by atoms with Gasteiger partial charge in [-0.3, -0.25) is 4.79 Å². The number of carbonyl (C=O) groups excluding carboxylic acids is 1. The van der Waals surface area contributed by atoms with E-state index >= 15 is 0 Å². The van der Waals surface area contributed by atoms with Crippen molar-refractivity contribution in [2.75, 3.05) is 39.9 Å². The number of hydrogen-bond donors (Lipinski definition) is 1. The van der Waals surface area contributed by atoms with Gasteiger partial charge >= 0.3 is 0 Å². The number of ether oxygens (including phenoxy) is 1. The van der Waals surface area contributed by atoms with Gasteiger partial charge in [0.05, 0.1) is 18.1 Å². The average Bonchev–Trinajstić information content (AvgIpc) is 2.60. The first-order chi connectivity index (χ1) is 11.3. The third kappa shape index (κ3) is 3.77. The normalized spacial score (nSPS) is 17.5. The molecule has 1 aromatic carbocycles. The monoisotopic (exact) mass is 355 g/mol. The van der Waals surface area contributed by atoms with E-state index in [1.54, 1.807) is 26.1 Å². The Bertz CT molecular complexity index is 699. The first kappa shape index (κ1) is 18.9. The summed E-state index contributed by atoms with van der Waals surface area (Å²) in [7, 11) is -1.98. The lowest BCUT2D eigenvalue weighted by Crippen LogP contribution is -2.41. The van der Waals surface area contributed by atoms with E-state index in [-0.39, 0.29) is 16.8 Å². The summed E-state index contributed by atoms with van der Waals surface area (Å²) in [5.74, 6) is -0.244. The molecule has 1 aromatic rings. The van der Waals surface area contributed by atoms with Gasteiger partial charge in [-0.15, -0.1) is 0 Å². The van der Waals surface area contributed by atoms with Crippen LogP contribution in [0.15, 0.2) is 23.1 Å². The number of carbonyl (C=O) groups is 1. The number of nitrogens with zero attached hydrogens (tertiary/aromatic N) is 2. The van der Waals surface area contributed by atoms with E-state index in [4.69, 9.17) is 10.5 Å². The predicted octanol–water partition coefficient (Wildman–Crippen LogP) is 0.435. The van der Waals surface area contributed by atoms with E-state index < -0.39 is 10.0 Å². The van der Waals surface area contributed by atoms with Gasteiger partial charge in [0.2, 0.25) is 10.0 Å². The van der Waals surface area contributed by atoms with Crippen LogP contribution in [0.5, 0.6) is 0 Å². The fraction of sp³-hybridized carbons (Fsp3) is 0.562. The van der Waals surface area contributed by atoms with Gasteiger partial charge in [-0.2, -0.15) is 4.31 Å². The minimum atomic E-state index is -3.64. The fourth-order valence-electron chi connectivity index (χ4n) is 2.50.